The Morgan fingerprint density at radius 3 is 2.52 bits per heavy atom. The predicted octanol–water partition coefficient (Wildman–Crippen LogP) is 3.36. The molecule has 6 heteroatoms. The van der Waals surface area contributed by atoms with Crippen molar-refractivity contribution in [2.24, 2.45) is 11.7 Å². The highest BCUT2D eigenvalue weighted by atomic mass is 35.5. The van der Waals surface area contributed by atoms with E-state index in [0.717, 1.165) is 31.2 Å². The van der Waals surface area contributed by atoms with Gasteiger partial charge in [0.15, 0.2) is 0 Å². The number of amides is 2. The second kappa shape index (κ2) is 10.1. The first-order valence-electron chi connectivity index (χ1n) is 9.89. The molecular weight excluding hydrogens is 362 g/mol. The van der Waals surface area contributed by atoms with Gasteiger partial charge in [0.1, 0.15) is 6.04 Å². The molecule has 0 saturated heterocycles. The maximum Gasteiger partial charge on any atom is 0.242 e. The molecule has 1 fully saturated rings. The number of hydrogen-bond donors (Lipinski definition) is 3. The van der Waals surface area contributed by atoms with E-state index in [0.29, 0.717) is 11.4 Å². The maximum atomic E-state index is 13.0. The van der Waals surface area contributed by atoms with E-state index in [9.17, 15) is 9.59 Å². The molecule has 0 aliphatic heterocycles. The summed E-state index contributed by atoms with van der Waals surface area (Å²) in [5, 5.41) is 6.72. The number of rotatable bonds is 7. The van der Waals surface area contributed by atoms with E-state index < -0.39 is 12.1 Å². The molecule has 0 bridgehead atoms. The summed E-state index contributed by atoms with van der Waals surface area (Å²) in [6, 6.07) is 6.72. The van der Waals surface area contributed by atoms with Gasteiger partial charge in [-0.1, -0.05) is 50.4 Å². The third-order valence-electron chi connectivity index (χ3n) is 5.12. The zero-order valence-corrected chi connectivity index (χ0v) is 17.3. The van der Waals surface area contributed by atoms with Gasteiger partial charge >= 0.3 is 0 Å². The van der Waals surface area contributed by atoms with Crippen molar-refractivity contribution in [3.8, 4) is 0 Å². The van der Waals surface area contributed by atoms with Gasteiger partial charge in [-0.3, -0.25) is 9.59 Å². The zero-order valence-electron chi connectivity index (χ0n) is 16.5. The van der Waals surface area contributed by atoms with Gasteiger partial charge < -0.3 is 16.4 Å². The van der Waals surface area contributed by atoms with Crippen LogP contribution < -0.4 is 16.4 Å². The number of nitrogens with one attached hydrogen (secondary N) is 2. The van der Waals surface area contributed by atoms with Crippen LogP contribution in [0.5, 0.6) is 0 Å². The molecule has 4 N–H and O–H groups in total. The fourth-order valence-corrected chi connectivity index (χ4v) is 3.93. The molecule has 2 rings (SSSR count). The smallest absolute Gasteiger partial charge is 0.242 e. The first kappa shape index (κ1) is 21.7. The third kappa shape index (κ3) is 6.51. The summed E-state index contributed by atoms with van der Waals surface area (Å²) in [6.07, 6.45) is 4.76. The van der Waals surface area contributed by atoms with Crippen LogP contribution in [0.1, 0.15) is 64.4 Å². The monoisotopic (exact) mass is 393 g/mol. The fraction of sp³-hybridized carbons (Fsp3) is 0.619. The van der Waals surface area contributed by atoms with Crippen LogP contribution in [0.25, 0.3) is 0 Å². The minimum atomic E-state index is -0.638. The molecule has 1 saturated carbocycles. The normalized spacial score (nSPS) is 22.1. The number of carbonyl (C=O) groups excluding carboxylic acids is 2. The average molecular weight is 394 g/mol. The van der Waals surface area contributed by atoms with Crippen LogP contribution in [0.4, 0.5) is 0 Å². The van der Waals surface area contributed by atoms with Gasteiger partial charge in [0.05, 0.1) is 6.04 Å². The summed E-state index contributed by atoms with van der Waals surface area (Å²) in [5.74, 6) is 0.0944. The van der Waals surface area contributed by atoms with Gasteiger partial charge in [-0.25, -0.2) is 0 Å². The van der Waals surface area contributed by atoms with Crippen molar-refractivity contribution in [3.05, 3.63) is 34.9 Å². The van der Waals surface area contributed by atoms with Crippen LogP contribution in [-0.2, 0) is 9.59 Å². The Labute approximate surface area is 167 Å². The summed E-state index contributed by atoms with van der Waals surface area (Å²) in [6.45, 7) is 5.69. The van der Waals surface area contributed by atoms with Crippen LogP contribution in [0, 0.1) is 5.92 Å². The lowest BCUT2D eigenvalue weighted by Crippen LogP contribution is -2.54. The van der Waals surface area contributed by atoms with Crippen molar-refractivity contribution >= 4 is 23.4 Å². The molecule has 0 radical (unpaired) electrons. The van der Waals surface area contributed by atoms with E-state index in [-0.39, 0.29) is 29.7 Å². The Morgan fingerprint density at radius 2 is 1.89 bits per heavy atom. The SMILES string of the molecule is CC(C)C[C@H](NC(=O)[C@H](C)N)C(=O)N[C@@H]1CCCC[C@H]1c1cccc(Cl)c1. The lowest BCUT2D eigenvalue weighted by atomic mass is 9.80. The molecule has 2 amide bonds. The standard InChI is InChI=1S/C21H32ClN3O2/c1-13(2)11-19(25-20(26)14(3)23)21(27)24-18-10-5-4-9-17(18)15-7-6-8-16(22)12-15/h6-8,12-14,17-19H,4-5,9-11,23H2,1-3H3,(H,24,27)(H,25,26)/t14-,17-,18+,19-/m0/s1. The van der Waals surface area contributed by atoms with Crippen molar-refractivity contribution in [3.63, 3.8) is 0 Å². The number of carbonyl (C=O) groups is 2. The Morgan fingerprint density at radius 1 is 1.19 bits per heavy atom. The maximum absolute atomic E-state index is 13.0. The van der Waals surface area contributed by atoms with Gasteiger partial charge in [0.2, 0.25) is 11.8 Å². The lowest BCUT2D eigenvalue weighted by Gasteiger charge is -2.34. The van der Waals surface area contributed by atoms with Crippen molar-refractivity contribution in [2.75, 3.05) is 0 Å². The molecule has 4 atom stereocenters. The molecule has 0 unspecified atom stereocenters. The number of hydrogen-bond acceptors (Lipinski definition) is 3. The van der Waals surface area contributed by atoms with E-state index >= 15 is 0 Å². The molecule has 0 heterocycles. The second-order valence-electron chi connectivity index (χ2n) is 8.04. The first-order chi connectivity index (χ1) is 12.8. The van der Waals surface area contributed by atoms with Crippen LogP contribution in [-0.4, -0.2) is 29.9 Å². The topological polar surface area (TPSA) is 84.2 Å². The molecule has 1 aromatic carbocycles. The van der Waals surface area contributed by atoms with Crippen LogP contribution in [0.3, 0.4) is 0 Å². The Hall–Kier alpha value is -1.59. The largest absolute Gasteiger partial charge is 0.351 e. The number of nitrogens with two attached hydrogens (primary N) is 1. The van der Waals surface area contributed by atoms with Gasteiger partial charge in [0.25, 0.3) is 0 Å². The summed E-state index contributed by atoms with van der Waals surface area (Å²) in [7, 11) is 0. The molecule has 0 aromatic heterocycles. The van der Waals surface area contributed by atoms with Crippen molar-refractivity contribution in [1.82, 2.24) is 10.6 Å². The van der Waals surface area contributed by atoms with E-state index in [4.69, 9.17) is 17.3 Å². The Bertz CT molecular complexity index is 648. The van der Waals surface area contributed by atoms with E-state index in [1.165, 1.54) is 0 Å². The summed E-state index contributed by atoms with van der Waals surface area (Å²) >= 11 is 6.17. The molecule has 27 heavy (non-hydrogen) atoms. The molecule has 150 valence electrons. The average Bonchev–Trinajstić information content (AvgIpc) is 2.61. The van der Waals surface area contributed by atoms with Crippen molar-refractivity contribution in [1.29, 1.82) is 0 Å². The Kier molecular flexibility index (Phi) is 8.11. The minimum absolute atomic E-state index is 0.0478. The number of benzene rings is 1. The minimum Gasteiger partial charge on any atom is -0.351 e. The highest BCUT2D eigenvalue weighted by Crippen LogP contribution is 2.34. The summed E-state index contributed by atoms with van der Waals surface area (Å²) in [5.41, 5.74) is 6.82. The molecule has 0 spiro atoms. The van der Waals surface area contributed by atoms with Gasteiger partial charge in [-0.05, 0) is 49.8 Å². The highest BCUT2D eigenvalue weighted by Gasteiger charge is 2.31. The zero-order chi connectivity index (χ0) is 20.0. The first-order valence-corrected chi connectivity index (χ1v) is 10.3. The van der Waals surface area contributed by atoms with E-state index in [1.807, 2.05) is 32.0 Å². The second-order valence-corrected chi connectivity index (χ2v) is 8.48. The summed E-state index contributed by atoms with van der Waals surface area (Å²) < 4.78 is 0. The molecule has 1 aromatic rings. The highest BCUT2D eigenvalue weighted by molar-refractivity contribution is 6.30. The fourth-order valence-electron chi connectivity index (χ4n) is 3.73. The third-order valence-corrected chi connectivity index (χ3v) is 5.36. The van der Waals surface area contributed by atoms with Crippen LogP contribution >= 0.6 is 11.6 Å². The molecule has 1 aliphatic rings. The van der Waals surface area contributed by atoms with Crippen LogP contribution in [0.2, 0.25) is 5.02 Å². The van der Waals surface area contributed by atoms with Gasteiger partial charge in [-0.15, -0.1) is 0 Å². The molecule has 1 aliphatic carbocycles. The van der Waals surface area contributed by atoms with E-state index in [2.05, 4.69) is 16.7 Å². The molecule has 5 nitrogen and oxygen atoms in total. The van der Waals surface area contributed by atoms with Crippen molar-refractivity contribution < 1.29 is 9.59 Å². The van der Waals surface area contributed by atoms with Crippen LogP contribution in [0.15, 0.2) is 24.3 Å². The predicted molar refractivity (Wildman–Crippen MR) is 110 cm³/mol. The Balaban J connectivity index is 2.11. The van der Waals surface area contributed by atoms with Gasteiger partial charge in [0, 0.05) is 17.0 Å². The molecular formula is C21H32ClN3O2. The quantitative estimate of drug-likeness (QED) is 0.664. The lowest BCUT2D eigenvalue weighted by molar-refractivity contribution is -0.130. The van der Waals surface area contributed by atoms with Crippen molar-refractivity contribution in [2.45, 2.75) is 76.9 Å². The number of halogens is 1. The van der Waals surface area contributed by atoms with E-state index in [1.54, 1.807) is 6.92 Å². The summed E-state index contributed by atoms with van der Waals surface area (Å²) in [4.78, 5) is 25.0. The van der Waals surface area contributed by atoms with Gasteiger partial charge in [-0.2, -0.15) is 0 Å².